The zero-order valence-electron chi connectivity index (χ0n) is 17.4. The van der Waals surface area contributed by atoms with Gasteiger partial charge in [0.2, 0.25) is 5.91 Å². The van der Waals surface area contributed by atoms with E-state index >= 15 is 0 Å². The van der Waals surface area contributed by atoms with E-state index in [2.05, 4.69) is 67.4 Å². The molecule has 5 heteroatoms. The van der Waals surface area contributed by atoms with Gasteiger partial charge in [-0.2, -0.15) is 0 Å². The van der Waals surface area contributed by atoms with Crippen molar-refractivity contribution in [2.45, 2.75) is 52.0 Å². The fraction of sp³-hybridized carbons (Fsp3) is 0.417. The Morgan fingerprint density at radius 3 is 2.83 bits per heavy atom. The van der Waals surface area contributed by atoms with E-state index in [-0.39, 0.29) is 11.9 Å². The summed E-state index contributed by atoms with van der Waals surface area (Å²) in [6, 6.07) is 14.8. The van der Waals surface area contributed by atoms with Crippen LogP contribution in [0.25, 0.3) is 10.2 Å². The highest BCUT2D eigenvalue weighted by Crippen LogP contribution is 2.35. The van der Waals surface area contributed by atoms with Crippen LogP contribution in [-0.4, -0.2) is 28.9 Å². The quantitative estimate of drug-likeness (QED) is 0.573. The third kappa shape index (κ3) is 4.36. The summed E-state index contributed by atoms with van der Waals surface area (Å²) in [6.07, 6.45) is 3.39. The Balaban J connectivity index is 1.52. The number of hydrogen-bond donors (Lipinski definition) is 1. The summed E-state index contributed by atoms with van der Waals surface area (Å²) in [6.45, 7) is 7.74. The predicted octanol–water partition coefficient (Wildman–Crippen LogP) is 5.89. The van der Waals surface area contributed by atoms with Gasteiger partial charge in [0.1, 0.15) is 5.01 Å². The van der Waals surface area contributed by atoms with Gasteiger partial charge < -0.3 is 5.32 Å². The predicted molar refractivity (Wildman–Crippen MR) is 122 cm³/mol. The molecule has 4 rings (SSSR count). The number of hydrogen-bond acceptors (Lipinski definition) is 4. The molecule has 1 amide bonds. The molecule has 0 saturated carbocycles. The first-order valence-corrected chi connectivity index (χ1v) is 11.3. The summed E-state index contributed by atoms with van der Waals surface area (Å²) in [7, 11) is 0. The van der Waals surface area contributed by atoms with Crippen LogP contribution >= 0.6 is 11.3 Å². The number of nitrogens with zero attached hydrogens (tertiary/aromatic N) is 2. The number of benzene rings is 2. The maximum Gasteiger partial charge on any atom is 0.238 e. The fourth-order valence-electron chi connectivity index (χ4n) is 4.20. The van der Waals surface area contributed by atoms with Crippen LogP contribution < -0.4 is 5.32 Å². The van der Waals surface area contributed by atoms with Crippen LogP contribution in [0, 0.1) is 6.92 Å². The van der Waals surface area contributed by atoms with Crippen LogP contribution in [0.2, 0.25) is 0 Å². The van der Waals surface area contributed by atoms with E-state index in [0.29, 0.717) is 12.5 Å². The summed E-state index contributed by atoms with van der Waals surface area (Å²) in [5.74, 6) is 0.435. The first-order valence-electron chi connectivity index (χ1n) is 10.5. The normalized spacial score (nSPS) is 17.7. The minimum Gasteiger partial charge on any atom is -0.324 e. The van der Waals surface area contributed by atoms with E-state index in [1.54, 1.807) is 11.3 Å². The van der Waals surface area contributed by atoms with Crippen molar-refractivity contribution in [3.8, 4) is 0 Å². The molecule has 1 aliphatic heterocycles. The van der Waals surface area contributed by atoms with Gasteiger partial charge in [0, 0.05) is 5.69 Å². The number of amides is 1. The second kappa shape index (κ2) is 8.64. The van der Waals surface area contributed by atoms with Crippen molar-refractivity contribution in [2.75, 3.05) is 18.4 Å². The lowest BCUT2D eigenvalue weighted by Crippen LogP contribution is -2.39. The zero-order valence-corrected chi connectivity index (χ0v) is 18.3. The summed E-state index contributed by atoms with van der Waals surface area (Å²) >= 11 is 1.76. The minimum absolute atomic E-state index is 0.0641. The van der Waals surface area contributed by atoms with Gasteiger partial charge >= 0.3 is 0 Å². The number of para-hydroxylation sites is 2. The molecule has 0 spiro atoms. The second-order valence-electron chi connectivity index (χ2n) is 8.24. The smallest absolute Gasteiger partial charge is 0.238 e. The Morgan fingerprint density at radius 1 is 1.21 bits per heavy atom. The Bertz CT molecular complexity index is 977. The van der Waals surface area contributed by atoms with E-state index in [0.717, 1.165) is 41.2 Å². The van der Waals surface area contributed by atoms with Crippen LogP contribution in [0.4, 0.5) is 5.69 Å². The summed E-state index contributed by atoms with van der Waals surface area (Å²) in [5.41, 5.74) is 4.34. The van der Waals surface area contributed by atoms with Gasteiger partial charge in [-0.25, -0.2) is 4.98 Å². The van der Waals surface area contributed by atoms with Gasteiger partial charge in [-0.1, -0.05) is 50.6 Å². The molecule has 1 N–H and O–H groups in total. The van der Waals surface area contributed by atoms with E-state index in [9.17, 15) is 4.79 Å². The molecule has 0 bridgehead atoms. The standard InChI is InChI=1S/C24H29N3OS/c1-16(2)18-10-8-9-17(3)23(18)26-22(28)15-27-14-7-6-12-20(27)24-25-19-11-4-5-13-21(19)29-24/h4-5,8-11,13,16,20H,6-7,12,14-15H2,1-3H3,(H,26,28)/t20-/m1/s1. The van der Waals surface area contributed by atoms with Gasteiger partial charge in [0.05, 0.1) is 22.8 Å². The monoisotopic (exact) mass is 407 g/mol. The summed E-state index contributed by atoms with van der Waals surface area (Å²) < 4.78 is 1.22. The number of likely N-dealkylation sites (tertiary alicyclic amines) is 1. The number of anilines is 1. The fourth-order valence-corrected chi connectivity index (χ4v) is 5.34. The van der Waals surface area contributed by atoms with Crippen LogP contribution in [0.15, 0.2) is 42.5 Å². The van der Waals surface area contributed by atoms with Crippen LogP contribution in [0.1, 0.15) is 61.2 Å². The van der Waals surface area contributed by atoms with Crippen molar-refractivity contribution >= 4 is 33.1 Å². The third-order valence-corrected chi connectivity index (χ3v) is 6.88. The number of piperidine rings is 1. The van der Waals surface area contributed by atoms with Gasteiger partial charge in [0.15, 0.2) is 0 Å². The van der Waals surface area contributed by atoms with E-state index in [4.69, 9.17) is 4.98 Å². The summed E-state index contributed by atoms with van der Waals surface area (Å²) in [5, 5.41) is 4.34. The maximum atomic E-state index is 13.0. The van der Waals surface area contributed by atoms with Gasteiger partial charge in [0.25, 0.3) is 0 Å². The molecule has 0 radical (unpaired) electrons. The highest BCUT2D eigenvalue weighted by atomic mass is 32.1. The highest BCUT2D eigenvalue weighted by Gasteiger charge is 2.28. The van der Waals surface area contributed by atoms with E-state index in [1.807, 2.05) is 6.07 Å². The Hall–Kier alpha value is -2.24. The van der Waals surface area contributed by atoms with Gasteiger partial charge in [-0.3, -0.25) is 9.69 Å². The number of fused-ring (bicyclic) bond motifs is 1. The lowest BCUT2D eigenvalue weighted by Gasteiger charge is -2.34. The molecule has 29 heavy (non-hydrogen) atoms. The SMILES string of the molecule is Cc1cccc(C(C)C)c1NC(=O)CN1CCCC[C@@H]1c1nc2ccccc2s1. The number of carbonyl (C=O) groups is 1. The number of aromatic nitrogens is 1. The number of carbonyl (C=O) groups excluding carboxylic acids is 1. The Morgan fingerprint density at radius 2 is 2.03 bits per heavy atom. The molecule has 1 aromatic heterocycles. The molecule has 1 atom stereocenters. The average Bonchev–Trinajstić information content (AvgIpc) is 3.13. The average molecular weight is 408 g/mol. The minimum atomic E-state index is 0.0641. The molecule has 3 aromatic rings. The van der Waals surface area contributed by atoms with Crippen molar-refractivity contribution in [1.29, 1.82) is 0 Å². The Kier molecular flexibility index (Phi) is 5.97. The lowest BCUT2D eigenvalue weighted by molar-refractivity contribution is -0.118. The molecule has 152 valence electrons. The van der Waals surface area contributed by atoms with Crippen molar-refractivity contribution in [3.05, 3.63) is 58.6 Å². The van der Waals surface area contributed by atoms with E-state index < -0.39 is 0 Å². The van der Waals surface area contributed by atoms with Crippen LogP contribution in [0.3, 0.4) is 0 Å². The molecule has 1 fully saturated rings. The number of aryl methyl sites for hydroxylation is 1. The van der Waals surface area contributed by atoms with Crippen molar-refractivity contribution in [2.24, 2.45) is 0 Å². The van der Waals surface area contributed by atoms with Crippen LogP contribution in [-0.2, 0) is 4.79 Å². The first-order chi connectivity index (χ1) is 14.0. The van der Waals surface area contributed by atoms with Crippen molar-refractivity contribution < 1.29 is 4.79 Å². The Labute approximate surface area is 177 Å². The molecule has 0 aliphatic carbocycles. The van der Waals surface area contributed by atoms with Crippen molar-refractivity contribution in [1.82, 2.24) is 9.88 Å². The summed E-state index contributed by atoms with van der Waals surface area (Å²) in [4.78, 5) is 20.2. The van der Waals surface area contributed by atoms with Crippen molar-refractivity contribution in [3.63, 3.8) is 0 Å². The molecule has 1 saturated heterocycles. The highest BCUT2D eigenvalue weighted by molar-refractivity contribution is 7.18. The first kappa shape index (κ1) is 20.0. The molecule has 2 aromatic carbocycles. The number of nitrogens with one attached hydrogen (secondary N) is 1. The number of thiazole rings is 1. The molecule has 0 unspecified atom stereocenters. The van der Waals surface area contributed by atoms with Gasteiger partial charge in [-0.15, -0.1) is 11.3 Å². The largest absolute Gasteiger partial charge is 0.324 e. The van der Waals surface area contributed by atoms with Crippen LogP contribution in [0.5, 0.6) is 0 Å². The second-order valence-corrected chi connectivity index (χ2v) is 9.31. The lowest BCUT2D eigenvalue weighted by atomic mass is 9.98. The molecule has 2 heterocycles. The molecular formula is C24H29N3OS. The third-order valence-electron chi connectivity index (χ3n) is 5.75. The number of rotatable bonds is 5. The molecule has 1 aliphatic rings. The van der Waals surface area contributed by atoms with E-state index in [1.165, 1.54) is 16.7 Å². The zero-order chi connectivity index (χ0) is 20.4. The topological polar surface area (TPSA) is 45.2 Å². The maximum absolute atomic E-state index is 13.0. The van der Waals surface area contributed by atoms with Gasteiger partial charge in [-0.05, 0) is 55.5 Å². The molecule has 4 nitrogen and oxygen atoms in total. The molecular weight excluding hydrogens is 378 g/mol.